The zero-order chi connectivity index (χ0) is 10.5. The van der Waals surface area contributed by atoms with E-state index in [9.17, 15) is 0 Å². The zero-order valence-corrected chi connectivity index (χ0v) is 9.74. The monoisotopic (exact) mass is 213 g/mol. The van der Waals surface area contributed by atoms with Crippen LogP contribution in [0.15, 0.2) is 0 Å². The van der Waals surface area contributed by atoms with Crippen molar-refractivity contribution < 1.29 is 4.74 Å². The molecule has 1 N–H and O–H groups in total. The van der Waals surface area contributed by atoms with E-state index in [1.165, 1.54) is 25.8 Å². The minimum absolute atomic E-state index is 0.724. The van der Waals surface area contributed by atoms with Crippen molar-refractivity contribution in [2.24, 2.45) is 0 Å². The average molecular weight is 213 g/mol. The number of nitrogens with zero attached hydrogens (tertiary/aromatic N) is 2. The molecule has 0 amide bonds. The topological polar surface area (TPSA) is 27.7 Å². The lowest BCUT2D eigenvalue weighted by atomic mass is 10.0. The molecular weight excluding hydrogens is 190 g/mol. The summed E-state index contributed by atoms with van der Waals surface area (Å²) >= 11 is 0. The molecule has 0 aromatic rings. The van der Waals surface area contributed by atoms with E-state index in [0.29, 0.717) is 0 Å². The van der Waals surface area contributed by atoms with Gasteiger partial charge in [-0.1, -0.05) is 6.42 Å². The van der Waals surface area contributed by atoms with Crippen LogP contribution >= 0.6 is 0 Å². The van der Waals surface area contributed by atoms with E-state index < -0.39 is 0 Å². The maximum Gasteiger partial charge on any atom is 0.0608 e. The van der Waals surface area contributed by atoms with Crippen molar-refractivity contribution in [3.05, 3.63) is 0 Å². The molecule has 2 saturated heterocycles. The maximum atomic E-state index is 5.32. The van der Waals surface area contributed by atoms with Crippen molar-refractivity contribution in [2.45, 2.75) is 25.3 Å². The molecule has 2 heterocycles. The van der Waals surface area contributed by atoms with Gasteiger partial charge in [0.25, 0.3) is 0 Å². The summed E-state index contributed by atoms with van der Waals surface area (Å²) in [5.41, 5.74) is 3.53. The second kappa shape index (κ2) is 5.80. The Labute approximate surface area is 92.5 Å². The first-order valence-electron chi connectivity index (χ1n) is 6.13. The van der Waals surface area contributed by atoms with E-state index in [1.807, 2.05) is 0 Å². The third-order valence-electron chi connectivity index (χ3n) is 3.48. The van der Waals surface area contributed by atoms with Crippen LogP contribution in [0.5, 0.6) is 0 Å². The fraction of sp³-hybridized carbons (Fsp3) is 1.00. The molecule has 2 aliphatic heterocycles. The Balaban J connectivity index is 1.67. The van der Waals surface area contributed by atoms with E-state index >= 15 is 0 Å². The Hall–Kier alpha value is -0.160. The van der Waals surface area contributed by atoms with Crippen molar-refractivity contribution in [1.82, 2.24) is 15.3 Å². The lowest BCUT2D eigenvalue weighted by Gasteiger charge is -2.35. The molecule has 4 heteroatoms. The second-order valence-corrected chi connectivity index (χ2v) is 4.59. The minimum Gasteiger partial charge on any atom is -0.379 e. The molecule has 0 radical (unpaired) electrons. The summed E-state index contributed by atoms with van der Waals surface area (Å²) in [6.45, 7) is 6.14. The molecule has 2 fully saturated rings. The maximum absolute atomic E-state index is 5.32. The molecule has 88 valence electrons. The predicted octanol–water partition coefficient (Wildman–Crippen LogP) is 0.308. The molecule has 0 bridgehead atoms. The first kappa shape index (κ1) is 11.3. The molecule has 2 aliphatic rings. The number of piperidine rings is 1. The van der Waals surface area contributed by atoms with E-state index in [4.69, 9.17) is 4.74 Å². The SMILES string of the molecule is CN1CCCCC1CNN1CCOCC1. The summed E-state index contributed by atoms with van der Waals surface area (Å²) in [5.74, 6) is 0. The van der Waals surface area contributed by atoms with Crippen molar-refractivity contribution in [3.8, 4) is 0 Å². The van der Waals surface area contributed by atoms with Crippen LogP contribution in [-0.4, -0.2) is 62.4 Å². The van der Waals surface area contributed by atoms with E-state index in [2.05, 4.69) is 22.4 Å². The largest absolute Gasteiger partial charge is 0.379 e. The van der Waals surface area contributed by atoms with Crippen LogP contribution < -0.4 is 5.43 Å². The van der Waals surface area contributed by atoms with Gasteiger partial charge >= 0.3 is 0 Å². The Morgan fingerprint density at radius 2 is 2.00 bits per heavy atom. The van der Waals surface area contributed by atoms with Crippen LogP contribution in [0.4, 0.5) is 0 Å². The Kier molecular flexibility index (Phi) is 4.38. The molecule has 1 unspecified atom stereocenters. The number of morpholine rings is 1. The van der Waals surface area contributed by atoms with E-state index in [1.54, 1.807) is 0 Å². The smallest absolute Gasteiger partial charge is 0.0608 e. The van der Waals surface area contributed by atoms with Gasteiger partial charge < -0.3 is 9.64 Å². The van der Waals surface area contributed by atoms with Crippen molar-refractivity contribution >= 4 is 0 Å². The van der Waals surface area contributed by atoms with Gasteiger partial charge in [0.15, 0.2) is 0 Å². The second-order valence-electron chi connectivity index (χ2n) is 4.59. The summed E-state index contributed by atoms with van der Waals surface area (Å²) < 4.78 is 5.32. The van der Waals surface area contributed by atoms with Gasteiger partial charge in [-0.15, -0.1) is 0 Å². The summed E-state index contributed by atoms with van der Waals surface area (Å²) in [5, 5.41) is 2.30. The third-order valence-corrected chi connectivity index (χ3v) is 3.48. The van der Waals surface area contributed by atoms with Gasteiger partial charge in [0, 0.05) is 25.7 Å². The number of ether oxygens (including phenoxy) is 1. The first-order valence-corrected chi connectivity index (χ1v) is 6.13. The van der Waals surface area contributed by atoms with Gasteiger partial charge in [0.2, 0.25) is 0 Å². The van der Waals surface area contributed by atoms with Crippen molar-refractivity contribution in [1.29, 1.82) is 0 Å². The number of hydrazine groups is 1. The lowest BCUT2D eigenvalue weighted by molar-refractivity contribution is 0.00577. The highest BCUT2D eigenvalue weighted by molar-refractivity contribution is 4.76. The Bertz CT molecular complexity index is 183. The molecule has 1 atom stereocenters. The molecule has 0 saturated carbocycles. The van der Waals surface area contributed by atoms with Crippen LogP contribution in [0.1, 0.15) is 19.3 Å². The van der Waals surface area contributed by atoms with Crippen molar-refractivity contribution in [2.75, 3.05) is 46.4 Å². The minimum atomic E-state index is 0.724. The first-order chi connectivity index (χ1) is 7.36. The quantitative estimate of drug-likeness (QED) is 0.730. The molecule has 0 aromatic heterocycles. The fourth-order valence-electron chi connectivity index (χ4n) is 2.36. The standard InChI is InChI=1S/C11H23N3O/c1-13-5-3-2-4-11(13)10-12-14-6-8-15-9-7-14/h11-12H,2-10H2,1H3. The molecule has 2 rings (SSSR count). The lowest BCUT2D eigenvalue weighted by Crippen LogP contribution is -2.51. The highest BCUT2D eigenvalue weighted by Gasteiger charge is 2.19. The summed E-state index contributed by atoms with van der Waals surface area (Å²) in [7, 11) is 2.24. The summed E-state index contributed by atoms with van der Waals surface area (Å²) in [6.07, 6.45) is 4.10. The normalized spacial score (nSPS) is 30.6. The van der Waals surface area contributed by atoms with Crippen LogP contribution in [0, 0.1) is 0 Å². The molecule has 0 aliphatic carbocycles. The van der Waals surface area contributed by atoms with E-state index in [0.717, 1.165) is 38.9 Å². The summed E-state index contributed by atoms with van der Waals surface area (Å²) in [6, 6.07) is 0.724. The van der Waals surface area contributed by atoms with Gasteiger partial charge in [-0.05, 0) is 26.4 Å². The van der Waals surface area contributed by atoms with Gasteiger partial charge in [0.05, 0.1) is 13.2 Å². The Morgan fingerprint density at radius 1 is 1.20 bits per heavy atom. The number of hydrogen-bond donors (Lipinski definition) is 1. The number of likely N-dealkylation sites (N-methyl/N-ethyl adjacent to an activating group) is 1. The molecule has 0 spiro atoms. The number of nitrogens with one attached hydrogen (secondary N) is 1. The number of rotatable bonds is 3. The molecule has 4 nitrogen and oxygen atoms in total. The number of hydrogen-bond acceptors (Lipinski definition) is 4. The molecular formula is C11H23N3O. The predicted molar refractivity (Wildman–Crippen MR) is 60.7 cm³/mol. The van der Waals surface area contributed by atoms with Gasteiger partial charge in [-0.2, -0.15) is 0 Å². The third kappa shape index (κ3) is 3.41. The van der Waals surface area contributed by atoms with Crippen LogP contribution in [-0.2, 0) is 4.74 Å². The van der Waals surface area contributed by atoms with Gasteiger partial charge in [-0.3, -0.25) is 5.43 Å². The van der Waals surface area contributed by atoms with Gasteiger partial charge in [0.1, 0.15) is 0 Å². The van der Waals surface area contributed by atoms with Crippen LogP contribution in [0.3, 0.4) is 0 Å². The Morgan fingerprint density at radius 3 is 2.73 bits per heavy atom. The highest BCUT2D eigenvalue weighted by Crippen LogP contribution is 2.14. The number of likely N-dealkylation sites (tertiary alicyclic amines) is 1. The highest BCUT2D eigenvalue weighted by atomic mass is 16.5. The fourth-order valence-corrected chi connectivity index (χ4v) is 2.36. The average Bonchev–Trinajstić information content (AvgIpc) is 2.29. The molecule has 15 heavy (non-hydrogen) atoms. The van der Waals surface area contributed by atoms with Gasteiger partial charge in [-0.25, -0.2) is 5.01 Å². The van der Waals surface area contributed by atoms with E-state index in [-0.39, 0.29) is 0 Å². The van der Waals surface area contributed by atoms with Crippen LogP contribution in [0.25, 0.3) is 0 Å². The zero-order valence-electron chi connectivity index (χ0n) is 9.74. The summed E-state index contributed by atoms with van der Waals surface area (Å²) in [4.78, 5) is 2.48. The van der Waals surface area contributed by atoms with Crippen molar-refractivity contribution in [3.63, 3.8) is 0 Å². The van der Waals surface area contributed by atoms with Crippen LogP contribution in [0.2, 0.25) is 0 Å². The molecule has 0 aromatic carbocycles.